The lowest BCUT2D eigenvalue weighted by Gasteiger charge is -2.15. The summed E-state index contributed by atoms with van der Waals surface area (Å²) in [6.45, 7) is 0.729. The number of benzene rings is 1. The lowest BCUT2D eigenvalue weighted by molar-refractivity contribution is 1.02. The van der Waals surface area contributed by atoms with E-state index in [-0.39, 0.29) is 0 Å². The van der Waals surface area contributed by atoms with Crippen LogP contribution in [0.15, 0.2) is 81.8 Å². The molecule has 0 saturated heterocycles. The van der Waals surface area contributed by atoms with Crippen LogP contribution in [0.2, 0.25) is 0 Å². The van der Waals surface area contributed by atoms with Crippen molar-refractivity contribution in [2.24, 2.45) is 4.99 Å². The molecule has 118 valence electrons. The summed E-state index contributed by atoms with van der Waals surface area (Å²) in [5.74, 6) is 0.805. The number of aliphatic imine (C=N–C) groups is 1. The molecule has 3 nitrogen and oxygen atoms in total. The van der Waals surface area contributed by atoms with Crippen LogP contribution < -0.4 is 0 Å². The molecule has 3 aromatic rings. The standard InChI is InChI=1S/C19H15N3S2/c1-2-9-17-14(6-1)12-21-19(24-17)16-8-5-7-15(22-16)13-23-18-10-3-4-11-20-18/h1-11H,12-13H2. The first-order valence-corrected chi connectivity index (χ1v) is 9.49. The molecule has 0 bridgehead atoms. The van der Waals surface area contributed by atoms with Crippen molar-refractivity contribution in [2.75, 3.05) is 0 Å². The Morgan fingerprint density at radius 2 is 1.88 bits per heavy atom. The van der Waals surface area contributed by atoms with E-state index < -0.39 is 0 Å². The van der Waals surface area contributed by atoms with Gasteiger partial charge in [-0.25, -0.2) is 9.97 Å². The van der Waals surface area contributed by atoms with Crippen LogP contribution in [-0.2, 0) is 12.3 Å². The first-order chi connectivity index (χ1) is 11.9. The average Bonchev–Trinajstić information content (AvgIpc) is 2.67. The highest BCUT2D eigenvalue weighted by atomic mass is 32.2. The van der Waals surface area contributed by atoms with Gasteiger partial charge in [0.1, 0.15) is 5.04 Å². The lowest BCUT2D eigenvalue weighted by Crippen LogP contribution is -2.06. The number of thioether (sulfide) groups is 2. The number of rotatable bonds is 4. The maximum atomic E-state index is 4.78. The van der Waals surface area contributed by atoms with Crippen molar-refractivity contribution in [3.05, 3.63) is 83.8 Å². The van der Waals surface area contributed by atoms with E-state index in [1.54, 1.807) is 23.5 Å². The van der Waals surface area contributed by atoms with Crippen molar-refractivity contribution in [2.45, 2.75) is 22.2 Å². The Hall–Kier alpha value is -2.11. The molecule has 0 fully saturated rings. The number of hydrogen-bond acceptors (Lipinski definition) is 5. The molecule has 4 rings (SSSR count). The van der Waals surface area contributed by atoms with Gasteiger partial charge in [0.05, 0.1) is 23.0 Å². The van der Waals surface area contributed by atoms with E-state index >= 15 is 0 Å². The third-order valence-electron chi connectivity index (χ3n) is 3.60. The van der Waals surface area contributed by atoms with E-state index in [0.717, 1.165) is 33.8 Å². The van der Waals surface area contributed by atoms with Crippen LogP contribution in [0, 0.1) is 0 Å². The van der Waals surface area contributed by atoms with Gasteiger partial charge in [-0.15, -0.1) is 11.8 Å². The summed E-state index contributed by atoms with van der Waals surface area (Å²) in [6.07, 6.45) is 1.82. The molecule has 0 saturated carbocycles. The fourth-order valence-electron chi connectivity index (χ4n) is 2.42. The Morgan fingerprint density at radius 1 is 0.958 bits per heavy atom. The van der Waals surface area contributed by atoms with Crippen LogP contribution in [0.25, 0.3) is 0 Å². The van der Waals surface area contributed by atoms with Crippen LogP contribution in [-0.4, -0.2) is 15.0 Å². The third kappa shape index (κ3) is 3.52. The Kier molecular flexibility index (Phi) is 4.62. The Labute approximate surface area is 149 Å². The van der Waals surface area contributed by atoms with Gasteiger partial charge in [0.25, 0.3) is 0 Å². The molecule has 1 aliphatic heterocycles. The molecule has 24 heavy (non-hydrogen) atoms. The first kappa shape index (κ1) is 15.4. The van der Waals surface area contributed by atoms with Crippen LogP contribution in [0.1, 0.15) is 17.0 Å². The molecule has 1 aliphatic rings. The topological polar surface area (TPSA) is 38.1 Å². The van der Waals surface area contributed by atoms with E-state index in [0.29, 0.717) is 0 Å². The molecule has 0 spiro atoms. The number of aromatic nitrogens is 2. The van der Waals surface area contributed by atoms with E-state index in [1.165, 1.54) is 10.5 Å². The second-order valence-electron chi connectivity index (χ2n) is 5.30. The minimum Gasteiger partial charge on any atom is -0.271 e. The van der Waals surface area contributed by atoms with Gasteiger partial charge in [-0.05, 0) is 35.9 Å². The molecule has 0 aliphatic carbocycles. The van der Waals surface area contributed by atoms with E-state index in [2.05, 4.69) is 41.4 Å². The Bertz CT molecular complexity index is 879. The largest absolute Gasteiger partial charge is 0.271 e. The zero-order valence-electron chi connectivity index (χ0n) is 12.9. The summed E-state index contributed by atoms with van der Waals surface area (Å²) in [7, 11) is 0. The first-order valence-electron chi connectivity index (χ1n) is 7.69. The van der Waals surface area contributed by atoms with Gasteiger partial charge in [0, 0.05) is 16.8 Å². The summed E-state index contributed by atoms with van der Waals surface area (Å²) in [5.41, 5.74) is 3.28. The highest BCUT2D eigenvalue weighted by Crippen LogP contribution is 2.31. The molecule has 0 N–H and O–H groups in total. The average molecular weight is 349 g/mol. The number of hydrogen-bond donors (Lipinski definition) is 0. The molecular formula is C19H15N3S2. The predicted molar refractivity (Wildman–Crippen MR) is 101 cm³/mol. The molecule has 3 heterocycles. The van der Waals surface area contributed by atoms with Crippen LogP contribution in [0.3, 0.4) is 0 Å². The molecular weight excluding hydrogens is 334 g/mol. The zero-order chi connectivity index (χ0) is 16.2. The van der Waals surface area contributed by atoms with Gasteiger partial charge in [-0.1, -0.05) is 42.1 Å². The highest BCUT2D eigenvalue weighted by Gasteiger charge is 2.15. The molecule has 0 radical (unpaired) electrons. The molecule has 0 unspecified atom stereocenters. The summed E-state index contributed by atoms with van der Waals surface area (Å²) < 4.78 is 0. The molecule has 1 aromatic carbocycles. The minimum atomic E-state index is 0.729. The molecule has 0 atom stereocenters. The maximum Gasteiger partial charge on any atom is 0.121 e. The fourth-order valence-corrected chi connectivity index (χ4v) is 4.15. The smallest absolute Gasteiger partial charge is 0.121 e. The minimum absolute atomic E-state index is 0.729. The highest BCUT2D eigenvalue weighted by molar-refractivity contribution is 8.14. The summed E-state index contributed by atoms with van der Waals surface area (Å²) >= 11 is 3.40. The SMILES string of the molecule is c1ccc(SCc2cccc(C3=NCc4ccccc4S3)n2)nc1. The second-order valence-corrected chi connectivity index (χ2v) is 7.33. The van der Waals surface area contributed by atoms with Crippen molar-refractivity contribution < 1.29 is 0 Å². The second kappa shape index (κ2) is 7.20. The third-order valence-corrected chi connectivity index (χ3v) is 5.73. The van der Waals surface area contributed by atoms with Crippen molar-refractivity contribution in [1.29, 1.82) is 0 Å². The van der Waals surface area contributed by atoms with E-state index in [1.807, 2.05) is 30.5 Å². The Morgan fingerprint density at radius 3 is 2.79 bits per heavy atom. The monoisotopic (exact) mass is 349 g/mol. The number of pyridine rings is 2. The lowest BCUT2D eigenvalue weighted by atomic mass is 10.2. The van der Waals surface area contributed by atoms with Gasteiger partial charge in [-0.2, -0.15) is 0 Å². The summed E-state index contributed by atoms with van der Waals surface area (Å²) in [5, 5.41) is 2.02. The predicted octanol–water partition coefficient (Wildman–Crippen LogP) is 4.82. The van der Waals surface area contributed by atoms with Crippen LogP contribution in [0.5, 0.6) is 0 Å². The quantitative estimate of drug-likeness (QED) is 0.633. The normalized spacial score (nSPS) is 13.2. The molecule has 2 aromatic heterocycles. The fraction of sp³-hybridized carbons (Fsp3) is 0.105. The van der Waals surface area contributed by atoms with E-state index in [4.69, 9.17) is 9.98 Å². The van der Waals surface area contributed by atoms with Gasteiger partial charge in [0.2, 0.25) is 0 Å². The van der Waals surface area contributed by atoms with Crippen molar-refractivity contribution >= 4 is 28.6 Å². The maximum absolute atomic E-state index is 4.78. The van der Waals surface area contributed by atoms with Gasteiger partial charge in [0.15, 0.2) is 0 Å². The van der Waals surface area contributed by atoms with Crippen molar-refractivity contribution in [3.8, 4) is 0 Å². The van der Waals surface area contributed by atoms with Crippen molar-refractivity contribution in [3.63, 3.8) is 0 Å². The zero-order valence-corrected chi connectivity index (χ0v) is 14.6. The van der Waals surface area contributed by atoms with Crippen LogP contribution >= 0.6 is 23.5 Å². The Balaban J connectivity index is 1.50. The summed E-state index contributed by atoms with van der Waals surface area (Å²) in [6, 6.07) is 20.5. The van der Waals surface area contributed by atoms with Gasteiger partial charge in [-0.3, -0.25) is 4.99 Å². The molecule has 5 heteroatoms. The number of fused-ring (bicyclic) bond motifs is 1. The number of nitrogens with zero attached hydrogens (tertiary/aromatic N) is 3. The van der Waals surface area contributed by atoms with Gasteiger partial charge >= 0.3 is 0 Å². The molecule has 0 amide bonds. The van der Waals surface area contributed by atoms with Crippen molar-refractivity contribution in [1.82, 2.24) is 9.97 Å². The van der Waals surface area contributed by atoms with E-state index in [9.17, 15) is 0 Å². The summed E-state index contributed by atoms with van der Waals surface area (Å²) in [4.78, 5) is 15.1. The van der Waals surface area contributed by atoms with Gasteiger partial charge < -0.3 is 0 Å². The van der Waals surface area contributed by atoms with Crippen LogP contribution in [0.4, 0.5) is 0 Å².